The Kier molecular flexibility index (Phi) is 9.00. The van der Waals surface area contributed by atoms with Crippen LogP contribution in [0.1, 0.15) is 40.4 Å². The summed E-state index contributed by atoms with van der Waals surface area (Å²) >= 11 is 6.35. The summed E-state index contributed by atoms with van der Waals surface area (Å²) in [5.41, 5.74) is 5.61. The van der Waals surface area contributed by atoms with Crippen LogP contribution in [0.4, 0.5) is 0 Å². The van der Waals surface area contributed by atoms with Crippen molar-refractivity contribution in [2.75, 3.05) is 0 Å². The average molecular weight is 563 g/mol. The Hall–Kier alpha value is -4.15. The first-order valence-electron chi connectivity index (χ1n) is 12.1. The number of carbonyl (C=O) groups is 3. The lowest BCUT2D eigenvalue weighted by Gasteiger charge is -2.16. The van der Waals surface area contributed by atoms with Crippen molar-refractivity contribution < 1.29 is 29.0 Å². The minimum Gasteiger partial charge on any atom is -0.489 e. The van der Waals surface area contributed by atoms with Crippen molar-refractivity contribution in [1.82, 2.24) is 10.4 Å². The van der Waals surface area contributed by atoms with Crippen molar-refractivity contribution in [1.29, 1.82) is 0 Å². The van der Waals surface area contributed by atoms with Gasteiger partial charge in [0.05, 0.1) is 4.91 Å². The van der Waals surface area contributed by atoms with Gasteiger partial charge < -0.3 is 14.6 Å². The molecule has 200 valence electrons. The third kappa shape index (κ3) is 7.04. The summed E-state index contributed by atoms with van der Waals surface area (Å²) in [6, 6.07) is 21.4. The Balaban J connectivity index is 1.40. The molecular weight excluding hydrogens is 536 g/mol. The molecule has 1 aliphatic heterocycles. The summed E-state index contributed by atoms with van der Waals surface area (Å²) < 4.78 is 11.6. The lowest BCUT2D eigenvalue weighted by atomic mass is 10.1. The number of hydrazine groups is 1. The zero-order valence-electron chi connectivity index (χ0n) is 21.2. The summed E-state index contributed by atoms with van der Waals surface area (Å²) in [5.74, 6) is -1.15. The van der Waals surface area contributed by atoms with Gasteiger partial charge in [-0.3, -0.25) is 15.0 Å². The second-order valence-corrected chi connectivity index (χ2v) is 10.3. The SMILES string of the molecule is CCC(Oc1ccccc1/C=C1/SC(=S)N(NC(=O)c2ccc(OCc3ccc(C)cc3)cc2)C1=O)C(=O)O. The van der Waals surface area contributed by atoms with Gasteiger partial charge in [-0.05, 0) is 67.5 Å². The fourth-order valence-corrected chi connectivity index (χ4v) is 4.76. The number of nitrogens with zero attached hydrogens (tertiary/aromatic N) is 1. The molecule has 0 aliphatic carbocycles. The first kappa shape index (κ1) is 27.9. The van der Waals surface area contributed by atoms with Crippen LogP contribution in [0.25, 0.3) is 6.08 Å². The molecule has 0 radical (unpaired) electrons. The number of nitrogens with one attached hydrogen (secondary N) is 1. The highest BCUT2D eigenvalue weighted by Crippen LogP contribution is 2.33. The van der Waals surface area contributed by atoms with E-state index in [1.54, 1.807) is 61.5 Å². The van der Waals surface area contributed by atoms with E-state index < -0.39 is 23.9 Å². The Bertz CT molecular complexity index is 1420. The van der Waals surface area contributed by atoms with Gasteiger partial charge in [0.15, 0.2) is 10.4 Å². The number of thiocarbonyl (C=S) groups is 1. The zero-order chi connectivity index (χ0) is 27.9. The fourth-order valence-electron chi connectivity index (χ4n) is 3.59. The minimum absolute atomic E-state index is 0.160. The molecule has 3 aromatic carbocycles. The smallest absolute Gasteiger partial charge is 0.344 e. The Morgan fingerprint density at radius 2 is 1.77 bits per heavy atom. The Morgan fingerprint density at radius 1 is 1.08 bits per heavy atom. The molecule has 8 nitrogen and oxygen atoms in total. The highest BCUT2D eigenvalue weighted by molar-refractivity contribution is 8.26. The molecule has 0 spiro atoms. The maximum atomic E-state index is 13.1. The van der Waals surface area contributed by atoms with Crippen LogP contribution in [-0.4, -0.2) is 38.3 Å². The molecular formula is C29H26N2O6S2. The Labute approximate surface area is 235 Å². The molecule has 3 aromatic rings. The number of amides is 2. The molecule has 1 saturated heterocycles. The van der Waals surface area contributed by atoms with Crippen molar-refractivity contribution in [2.45, 2.75) is 33.0 Å². The molecule has 0 saturated carbocycles. The molecule has 1 atom stereocenters. The number of thioether (sulfide) groups is 1. The van der Waals surface area contributed by atoms with Gasteiger partial charge in [-0.15, -0.1) is 0 Å². The van der Waals surface area contributed by atoms with Crippen LogP contribution in [0.3, 0.4) is 0 Å². The standard InChI is InChI=1S/C29H26N2O6S2/c1-3-23(28(34)35)37-24-7-5-4-6-21(24)16-25-27(33)31(29(38)39-25)30-26(32)20-12-14-22(15-13-20)36-17-19-10-8-18(2)9-11-19/h4-16,23H,3,17H2,1-2H3,(H,30,32)(H,34,35)/b25-16+. The van der Waals surface area contributed by atoms with Gasteiger partial charge in [0, 0.05) is 11.1 Å². The third-order valence-electron chi connectivity index (χ3n) is 5.77. The predicted octanol–water partition coefficient (Wildman–Crippen LogP) is 5.36. The van der Waals surface area contributed by atoms with Gasteiger partial charge in [0.1, 0.15) is 18.1 Å². The molecule has 2 N–H and O–H groups in total. The van der Waals surface area contributed by atoms with Crippen molar-refractivity contribution in [3.63, 3.8) is 0 Å². The van der Waals surface area contributed by atoms with Crippen LogP contribution in [0.2, 0.25) is 0 Å². The third-order valence-corrected chi connectivity index (χ3v) is 7.07. The number of carbonyl (C=O) groups excluding carboxylic acids is 2. The predicted molar refractivity (Wildman–Crippen MR) is 153 cm³/mol. The lowest BCUT2D eigenvalue weighted by Crippen LogP contribution is -2.44. The maximum absolute atomic E-state index is 13.1. The van der Waals surface area contributed by atoms with E-state index in [9.17, 15) is 19.5 Å². The van der Waals surface area contributed by atoms with Crippen LogP contribution < -0.4 is 14.9 Å². The van der Waals surface area contributed by atoms with Gasteiger partial charge >= 0.3 is 5.97 Å². The van der Waals surface area contributed by atoms with E-state index >= 15 is 0 Å². The van der Waals surface area contributed by atoms with Crippen LogP contribution in [-0.2, 0) is 16.2 Å². The summed E-state index contributed by atoms with van der Waals surface area (Å²) in [6.45, 7) is 4.13. The van der Waals surface area contributed by atoms with Crippen LogP contribution in [0, 0.1) is 6.92 Å². The topological polar surface area (TPSA) is 105 Å². The number of hydrogen-bond acceptors (Lipinski definition) is 7. The number of aryl methyl sites for hydroxylation is 1. The number of benzene rings is 3. The summed E-state index contributed by atoms with van der Waals surface area (Å²) in [5, 5.41) is 10.3. The molecule has 0 bridgehead atoms. The molecule has 2 amide bonds. The fraction of sp³-hybridized carbons (Fsp3) is 0.172. The molecule has 1 unspecified atom stereocenters. The van der Waals surface area contributed by atoms with Crippen molar-refractivity contribution >= 4 is 52.2 Å². The number of para-hydroxylation sites is 1. The van der Waals surface area contributed by atoms with Gasteiger partial charge in [-0.2, -0.15) is 5.01 Å². The number of hydrogen-bond donors (Lipinski definition) is 2. The highest BCUT2D eigenvalue weighted by atomic mass is 32.2. The van der Waals surface area contributed by atoms with E-state index in [0.29, 0.717) is 29.2 Å². The Morgan fingerprint density at radius 3 is 2.44 bits per heavy atom. The summed E-state index contributed by atoms with van der Waals surface area (Å²) in [6.07, 6.45) is 0.820. The molecule has 39 heavy (non-hydrogen) atoms. The lowest BCUT2D eigenvalue weighted by molar-refractivity contribution is -0.145. The van der Waals surface area contributed by atoms with Gasteiger partial charge in [-0.1, -0.05) is 66.7 Å². The molecule has 10 heteroatoms. The van der Waals surface area contributed by atoms with E-state index in [4.69, 9.17) is 21.7 Å². The number of ether oxygens (including phenoxy) is 2. The number of rotatable bonds is 10. The zero-order valence-corrected chi connectivity index (χ0v) is 22.9. The van der Waals surface area contributed by atoms with E-state index in [1.807, 2.05) is 31.2 Å². The average Bonchev–Trinajstić information content (AvgIpc) is 3.19. The summed E-state index contributed by atoms with van der Waals surface area (Å²) in [4.78, 5) is 37.6. The van der Waals surface area contributed by atoms with E-state index in [2.05, 4.69) is 5.43 Å². The van der Waals surface area contributed by atoms with Crippen molar-refractivity contribution in [2.24, 2.45) is 0 Å². The molecule has 1 aliphatic rings. The monoisotopic (exact) mass is 562 g/mol. The maximum Gasteiger partial charge on any atom is 0.344 e. The second kappa shape index (κ2) is 12.6. The summed E-state index contributed by atoms with van der Waals surface area (Å²) in [7, 11) is 0. The van der Waals surface area contributed by atoms with Crippen molar-refractivity contribution in [3.05, 3.63) is 100.0 Å². The molecule has 1 fully saturated rings. The first-order valence-corrected chi connectivity index (χ1v) is 13.3. The van der Waals surface area contributed by atoms with E-state index in [-0.39, 0.29) is 15.6 Å². The second-order valence-electron chi connectivity index (χ2n) is 8.65. The van der Waals surface area contributed by atoms with Gasteiger partial charge in [0.25, 0.3) is 11.8 Å². The minimum atomic E-state index is -1.08. The van der Waals surface area contributed by atoms with Crippen LogP contribution in [0.5, 0.6) is 11.5 Å². The normalized spacial score (nSPS) is 14.8. The van der Waals surface area contributed by atoms with Crippen LogP contribution >= 0.6 is 24.0 Å². The number of carboxylic acids is 1. The van der Waals surface area contributed by atoms with Crippen molar-refractivity contribution in [3.8, 4) is 11.5 Å². The molecule has 1 heterocycles. The number of carboxylic acid groups (broad SMARTS) is 1. The van der Waals surface area contributed by atoms with Gasteiger partial charge in [-0.25, -0.2) is 4.79 Å². The van der Waals surface area contributed by atoms with E-state index in [0.717, 1.165) is 22.3 Å². The van der Waals surface area contributed by atoms with Crippen LogP contribution in [0.15, 0.2) is 77.7 Å². The molecule has 4 rings (SSSR count). The highest BCUT2D eigenvalue weighted by Gasteiger charge is 2.34. The van der Waals surface area contributed by atoms with E-state index in [1.165, 1.54) is 5.56 Å². The van der Waals surface area contributed by atoms with Gasteiger partial charge in [0.2, 0.25) is 0 Å². The molecule has 0 aromatic heterocycles. The quantitative estimate of drug-likeness (QED) is 0.251. The number of aliphatic carboxylic acids is 1. The largest absolute Gasteiger partial charge is 0.489 e. The first-order chi connectivity index (χ1) is 18.7.